The molecule has 0 aromatic heterocycles. The van der Waals surface area contributed by atoms with Gasteiger partial charge in [-0.2, -0.15) is 0 Å². The van der Waals surface area contributed by atoms with E-state index in [2.05, 4.69) is 54.8 Å². The van der Waals surface area contributed by atoms with Crippen molar-refractivity contribution in [1.82, 2.24) is 0 Å². The van der Waals surface area contributed by atoms with Gasteiger partial charge in [-0.25, -0.2) is 0 Å². The van der Waals surface area contributed by atoms with Crippen LogP contribution in [0.2, 0.25) is 0 Å². The molecule has 2 atom stereocenters. The van der Waals surface area contributed by atoms with Gasteiger partial charge in [0.05, 0.1) is 13.2 Å². The van der Waals surface area contributed by atoms with Crippen LogP contribution >= 0.6 is 0 Å². The molecular weight excluding hydrogens is 398 g/mol. The molecule has 0 saturated carbocycles. The topological polar surface area (TPSA) is 30.9 Å². The van der Waals surface area contributed by atoms with Crippen LogP contribution in [0.1, 0.15) is 30.6 Å². The lowest BCUT2D eigenvalue weighted by molar-refractivity contribution is -0.0357. The van der Waals surface area contributed by atoms with Crippen LogP contribution in [0.5, 0.6) is 11.5 Å². The van der Waals surface area contributed by atoms with Gasteiger partial charge in [-0.1, -0.05) is 80.2 Å². The van der Waals surface area contributed by atoms with Crippen LogP contribution < -0.4 is 14.4 Å². The second kappa shape index (κ2) is 10.9. The molecule has 3 aromatic carbocycles. The zero-order chi connectivity index (χ0) is 22.2. The Bertz CT molecular complexity index is 990. The highest BCUT2D eigenvalue weighted by molar-refractivity contribution is 5.61. The number of para-hydroxylation sites is 2. The van der Waals surface area contributed by atoms with Crippen molar-refractivity contribution >= 4 is 11.8 Å². The fourth-order valence-electron chi connectivity index (χ4n) is 4.01. The molecule has 0 spiro atoms. The summed E-state index contributed by atoms with van der Waals surface area (Å²) in [7, 11) is 0. The predicted octanol–water partition coefficient (Wildman–Crippen LogP) is 6.14. The molecule has 0 radical (unpaired) electrons. The van der Waals surface area contributed by atoms with Crippen molar-refractivity contribution in [2.45, 2.75) is 25.6 Å². The molecule has 0 amide bonds. The minimum absolute atomic E-state index is 0.127. The molecule has 1 saturated heterocycles. The number of anilines is 1. The highest BCUT2D eigenvalue weighted by Gasteiger charge is 2.32. The van der Waals surface area contributed by atoms with Gasteiger partial charge in [0.1, 0.15) is 6.10 Å². The van der Waals surface area contributed by atoms with E-state index in [9.17, 15) is 0 Å². The maximum atomic E-state index is 6.67. The molecule has 32 heavy (non-hydrogen) atoms. The average Bonchev–Trinajstić information content (AvgIpc) is 2.87. The van der Waals surface area contributed by atoms with E-state index in [-0.39, 0.29) is 12.2 Å². The molecule has 4 rings (SSSR count). The first-order valence-electron chi connectivity index (χ1n) is 11.3. The summed E-state index contributed by atoms with van der Waals surface area (Å²) in [6.07, 6.45) is 2.33. The first-order valence-corrected chi connectivity index (χ1v) is 11.3. The number of rotatable bonds is 9. The Hall–Kier alpha value is -3.24. The number of hydrogen-bond donors (Lipinski definition) is 0. The summed E-state index contributed by atoms with van der Waals surface area (Å²) in [4.78, 5) is 2.36. The van der Waals surface area contributed by atoms with Gasteiger partial charge < -0.3 is 19.1 Å². The predicted molar refractivity (Wildman–Crippen MR) is 131 cm³/mol. The fraction of sp³-hybridized carbons (Fsp3) is 0.286. The third-order valence-corrected chi connectivity index (χ3v) is 5.61. The molecular formula is C28H31NO3. The third-order valence-electron chi connectivity index (χ3n) is 5.61. The van der Waals surface area contributed by atoms with Gasteiger partial charge in [-0.15, -0.1) is 0 Å². The molecule has 3 aromatic rings. The van der Waals surface area contributed by atoms with Crippen molar-refractivity contribution < 1.29 is 14.2 Å². The Morgan fingerprint density at radius 2 is 1.78 bits per heavy atom. The number of ether oxygens (including phenoxy) is 3. The minimum atomic E-state index is -0.272. The first kappa shape index (κ1) is 22.0. The van der Waals surface area contributed by atoms with Crippen molar-refractivity contribution in [2.24, 2.45) is 0 Å². The summed E-state index contributed by atoms with van der Waals surface area (Å²) in [5, 5.41) is 0. The van der Waals surface area contributed by atoms with Crippen LogP contribution in [0, 0.1) is 0 Å². The van der Waals surface area contributed by atoms with Crippen LogP contribution in [0.25, 0.3) is 6.08 Å². The molecule has 0 aliphatic carbocycles. The fourth-order valence-corrected chi connectivity index (χ4v) is 4.01. The minimum Gasteiger partial charge on any atom is -0.489 e. The van der Waals surface area contributed by atoms with Crippen molar-refractivity contribution in [3.8, 4) is 11.5 Å². The highest BCUT2D eigenvalue weighted by atomic mass is 16.6. The second-order valence-corrected chi connectivity index (χ2v) is 7.87. The molecule has 1 aliphatic heterocycles. The van der Waals surface area contributed by atoms with Crippen molar-refractivity contribution in [1.29, 1.82) is 0 Å². The smallest absolute Gasteiger partial charge is 0.168 e. The van der Waals surface area contributed by atoms with E-state index < -0.39 is 0 Å². The van der Waals surface area contributed by atoms with Crippen LogP contribution in [0.3, 0.4) is 0 Å². The third kappa shape index (κ3) is 5.14. The van der Waals surface area contributed by atoms with Gasteiger partial charge in [0.25, 0.3) is 0 Å². The van der Waals surface area contributed by atoms with E-state index >= 15 is 0 Å². The summed E-state index contributed by atoms with van der Waals surface area (Å²) >= 11 is 0. The van der Waals surface area contributed by atoms with E-state index in [0.717, 1.165) is 36.4 Å². The van der Waals surface area contributed by atoms with Crippen molar-refractivity contribution in [3.63, 3.8) is 0 Å². The van der Waals surface area contributed by atoms with Gasteiger partial charge in [0, 0.05) is 24.3 Å². The van der Waals surface area contributed by atoms with Gasteiger partial charge in [-0.05, 0) is 30.2 Å². The number of nitrogens with zero attached hydrogens (tertiary/aromatic N) is 1. The number of morpholine rings is 1. The van der Waals surface area contributed by atoms with E-state index in [0.29, 0.717) is 19.0 Å². The van der Waals surface area contributed by atoms with Crippen LogP contribution in [0.4, 0.5) is 5.69 Å². The largest absolute Gasteiger partial charge is 0.489 e. The normalized spacial score (nSPS) is 16.9. The summed E-state index contributed by atoms with van der Waals surface area (Å²) in [5.41, 5.74) is 3.21. The lowest BCUT2D eigenvalue weighted by Crippen LogP contribution is -2.46. The van der Waals surface area contributed by atoms with E-state index in [4.69, 9.17) is 14.2 Å². The van der Waals surface area contributed by atoms with E-state index in [1.165, 1.54) is 5.69 Å². The van der Waals surface area contributed by atoms with Crippen molar-refractivity contribution in [3.05, 3.63) is 96.6 Å². The molecule has 166 valence electrons. The summed E-state index contributed by atoms with van der Waals surface area (Å²) in [6.45, 7) is 8.92. The monoisotopic (exact) mass is 429 g/mol. The number of hydrogen-bond acceptors (Lipinski definition) is 4. The Labute approximate surface area is 191 Å². The SMILES string of the molecule is C=Cc1cccc(O[C@@H](c2ccccc2)C2CN(c3ccccc3)CCO2)c1OCCC. The summed E-state index contributed by atoms with van der Waals surface area (Å²) in [6, 6.07) is 26.7. The Kier molecular flexibility index (Phi) is 7.47. The molecule has 1 fully saturated rings. The summed E-state index contributed by atoms with van der Waals surface area (Å²) in [5.74, 6) is 1.45. The average molecular weight is 430 g/mol. The zero-order valence-electron chi connectivity index (χ0n) is 18.7. The zero-order valence-corrected chi connectivity index (χ0v) is 18.7. The number of benzene rings is 3. The van der Waals surface area contributed by atoms with Gasteiger partial charge in [0.2, 0.25) is 0 Å². The van der Waals surface area contributed by atoms with Crippen molar-refractivity contribution in [2.75, 3.05) is 31.2 Å². The Morgan fingerprint density at radius 1 is 1.03 bits per heavy atom. The summed E-state index contributed by atoms with van der Waals surface area (Å²) < 4.78 is 19.0. The Balaban J connectivity index is 1.65. The lowest BCUT2D eigenvalue weighted by Gasteiger charge is -2.38. The standard InChI is InChI=1S/C28H31NO3/c1-3-19-31-27-22(4-2)14-11-17-25(27)32-28(23-12-7-5-8-13-23)26-21-29(18-20-30-26)24-15-9-6-10-16-24/h4-17,26,28H,2-3,18-21H2,1H3/t26?,28-/m0/s1. The van der Waals surface area contributed by atoms with E-state index in [1.54, 1.807) is 0 Å². The quantitative estimate of drug-likeness (QED) is 0.409. The molecule has 4 nitrogen and oxygen atoms in total. The highest BCUT2D eigenvalue weighted by Crippen LogP contribution is 2.37. The molecule has 1 aliphatic rings. The maximum Gasteiger partial charge on any atom is 0.168 e. The van der Waals surface area contributed by atoms with Crippen LogP contribution in [-0.2, 0) is 4.74 Å². The van der Waals surface area contributed by atoms with Gasteiger partial charge >= 0.3 is 0 Å². The van der Waals surface area contributed by atoms with Gasteiger partial charge in [0.15, 0.2) is 17.6 Å². The van der Waals surface area contributed by atoms with Crippen LogP contribution in [0.15, 0.2) is 85.4 Å². The lowest BCUT2D eigenvalue weighted by atomic mass is 10.0. The maximum absolute atomic E-state index is 6.67. The molecule has 1 heterocycles. The molecule has 4 heteroatoms. The molecule has 1 unspecified atom stereocenters. The second-order valence-electron chi connectivity index (χ2n) is 7.87. The van der Waals surface area contributed by atoms with E-state index in [1.807, 2.05) is 48.5 Å². The van der Waals surface area contributed by atoms with Crippen LogP contribution in [-0.4, -0.2) is 32.4 Å². The molecule has 0 N–H and O–H groups in total. The van der Waals surface area contributed by atoms with Gasteiger partial charge in [-0.3, -0.25) is 0 Å². The first-order chi connectivity index (χ1) is 15.8. The molecule has 0 bridgehead atoms. The Morgan fingerprint density at radius 3 is 2.50 bits per heavy atom.